The van der Waals surface area contributed by atoms with Crippen LogP contribution in [0.5, 0.6) is 0 Å². The lowest BCUT2D eigenvalue weighted by atomic mass is 9.41. The minimum Gasteiger partial charge on any atom is -0.396 e. The van der Waals surface area contributed by atoms with E-state index >= 15 is 0 Å². The number of rotatable bonds is 3. The zero-order chi connectivity index (χ0) is 19.6. The Morgan fingerprint density at radius 2 is 1.59 bits per heavy atom. The van der Waals surface area contributed by atoms with Crippen molar-refractivity contribution in [2.75, 3.05) is 6.61 Å². The highest BCUT2D eigenvalue weighted by Gasteiger charge is 2.64. The van der Waals surface area contributed by atoms with Crippen LogP contribution in [0.2, 0.25) is 0 Å². The Labute approximate surface area is 165 Å². The monoisotopic (exact) mass is 378 g/mol. The van der Waals surface area contributed by atoms with Crippen molar-refractivity contribution < 1.29 is 15.3 Å². The van der Waals surface area contributed by atoms with E-state index in [-0.39, 0.29) is 23.0 Å². The van der Waals surface area contributed by atoms with Crippen LogP contribution in [0, 0.1) is 52.3 Å². The van der Waals surface area contributed by atoms with Crippen molar-refractivity contribution >= 4 is 0 Å². The first-order valence-corrected chi connectivity index (χ1v) is 11.7. The van der Waals surface area contributed by atoms with Crippen LogP contribution in [0.3, 0.4) is 0 Å². The summed E-state index contributed by atoms with van der Waals surface area (Å²) in [5.41, 5.74) is 0.561. The van der Waals surface area contributed by atoms with Crippen LogP contribution in [0.1, 0.15) is 79.1 Å². The van der Waals surface area contributed by atoms with Gasteiger partial charge in [0.1, 0.15) is 0 Å². The van der Waals surface area contributed by atoms with Crippen molar-refractivity contribution in [1.29, 1.82) is 0 Å². The van der Waals surface area contributed by atoms with Crippen LogP contribution in [0.15, 0.2) is 0 Å². The minimum atomic E-state index is -0.212. The molecule has 4 rings (SSSR count). The van der Waals surface area contributed by atoms with E-state index in [1.54, 1.807) is 0 Å². The van der Waals surface area contributed by atoms with Gasteiger partial charge in [-0.05, 0) is 97.2 Å². The standard InChI is InChI=1S/C24H42O3/c1-5-16-20-12-15(26)8-10-24(20,4)19-9-11-23(3)17(14(2)13-25)6-7-18(23)21(19)22(16)27/h14-22,25-27H,5-13H2,1-4H3/t14-,15-,16-,17-,18?,19?,20+,21?,22?,23-,24-/m1/s1. The van der Waals surface area contributed by atoms with E-state index in [9.17, 15) is 15.3 Å². The second-order valence-corrected chi connectivity index (χ2v) is 11.3. The summed E-state index contributed by atoms with van der Waals surface area (Å²) in [7, 11) is 0. The number of hydrogen-bond acceptors (Lipinski definition) is 3. The highest BCUT2D eigenvalue weighted by Crippen LogP contribution is 2.69. The molecule has 11 atom stereocenters. The maximum Gasteiger partial charge on any atom is 0.0605 e. The molecule has 4 aliphatic carbocycles. The van der Waals surface area contributed by atoms with E-state index in [1.165, 1.54) is 25.7 Å². The van der Waals surface area contributed by atoms with E-state index in [2.05, 4.69) is 27.7 Å². The molecule has 0 bridgehead atoms. The highest BCUT2D eigenvalue weighted by atomic mass is 16.3. The Kier molecular flexibility index (Phi) is 5.22. The summed E-state index contributed by atoms with van der Waals surface area (Å²) in [5, 5.41) is 31.8. The van der Waals surface area contributed by atoms with Crippen molar-refractivity contribution in [3.63, 3.8) is 0 Å². The largest absolute Gasteiger partial charge is 0.396 e. The smallest absolute Gasteiger partial charge is 0.0605 e. The molecular formula is C24H42O3. The average Bonchev–Trinajstić information content (AvgIpc) is 3.00. The highest BCUT2D eigenvalue weighted by molar-refractivity contribution is 5.13. The molecule has 0 aromatic carbocycles. The Morgan fingerprint density at radius 1 is 0.926 bits per heavy atom. The van der Waals surface area contributed by atoms with Crippen molar-refractivity contribution in [3.05, 3.63) is 0 Å². The predicted octanol–water partition coefficient (Wildman–Crippen LogP) is 4.24. The Hall–Kier alpha value is -0.120. The van der Waals surface area contributed by atoms with Crippen LogP contribution in [0.25, 0.3) is 0 Å². The normalized spacial score (nSPS) is 56.1. The second-order valence-electron chi connectivity index (χ2n) is 11.3. The van der Waals surface area contributed by atoms with Gasteiger partial charge in [0.15, 0.2) is 0 Å². The Bertz CT molecular complexity index is 550. The maximum absolute atomic E-state index is 11.6. The quantitative estimate of drug-likeness (QED) is 0.688. The Balaban J connectivity index is 1.69. The molecule has 0 saturated heterocycles. The first-order chi connectivity index (χ1) is 12.8. The van der Waals surface area contributed by atoms with Gasteiger partial charge in [0.2, 0.25) is 0 Å². The van der Waals surface area contributed by atoms with Crippen molar-refractivity contribution in [3.8, 4) is 0 Å². The van der Waals surface area contributed by atoms with Gasteiger partial charge in [-0.15, -0.1) is 0 Å². The van der Waals surface area contributed by atoms with Crippen molar-refractivity contribution in [2.45, 2.75) is 91.3 Å². The van der Waals surface area contributed by atoms with Gasteiger partial charge >= 0.3 is 0 Å². The molecule has 3 heteroatoms. The topological polar surface area (TPSA) is 60.7 Å². The number of fused-ring (bicyclic) bond motifs is 5. The van der Waals surface area contributed by atoms with Gasteiger partial charge in [-0.1, -0.05) is 34.1 Å². The molecule has 0 amide bonds. The molecule has 0 aromatic rings. The van der Waals surface area contributed by atoms with Crippen LogP contribution in [0.4, 0.5) is 0 Å². The molecular weight excluding hydrogens is 336 g/mol. The van der Waals surface area contributed by atoms with E-state index in [0.717, 1.165) is 25.7 Å². The summed E-state index contributed by atoms with van der Waals surface area (Å²) >= 11 is 0. The maximum atomic E-state index is 11.6. The van der Waals surface area contributed by atoms with Crippen LogP contribution < -0.4 is 0 Å². The molecule has 4 saturated carbocycles. The molecule has 0 heterocycles. The molecule has 0 aromatic heterocycles. The van der Waals surface area contributed by atoms with Crippen LogP contribution in [-0.2, 0) is 0 Å². The molecule has 0 aliphatic heterocycles. The van der Waals surface area contributed by atoms with Crippen molar-refractivity contribution in [2.24, 2.45) is 52.3 Å². The fraction of sp³-hybridized carbons (Fsp3) is 1.00. The summed E-state index contributed by atoms with van der Waals surface area (Å²) in [5.74, 6) is 3.40. The molecule has 0 spiro atoms. The zero-order valence-corrected chi connectivity index (χ0v) is 17.9. The van der Waals surface area contributed by atoms with Gasteiger partial charge in [0, 0.05) is 6.61 Å². The molecule has 4 unspecified atom stereocenters. The fourth-order valence-electron chi connectivity index (χ4n) is 9.06. The van der Waals surface area contributed by atoms with E-state index in [1.807, 2.05) is 0 Å². The predicted molar refractivity (Wildman–Crippen MR) is 108 cm³/mol. The molecule has 156 valence electrons. The van der Waals surface area contributed by atoms with Gasteiger partial charge < -0.3 is 15.3 Å². The van der Waals surface area contributed by atoms with Gasteiger partial charge in [0.05, 0.1) is 12.2 Å². The first kappa shape index (κ1) is 20.2. The number of aliphatic hydroxyl groups is 3. The lowest BCUT2D eigenvalue weighted by molar-refractivity contribution is -0.203. The Morgan fingerprint density at radius 3 is 2.26 bits per heavy atom. The van der Waals surface area contributed by atoms with Crippen LogP contribution >= 0.6 is 0 Å². The molecule has 4 aliphatic rings. The fourth-order valence-corrected chi connectivity index (χ4v) is 9.06. The molecule has 3 N–H and O–H groups in total. The molecule has 3 nitrogen and oxygen atoms in total. The zero-order valence-electron chi connectivity index (χ0n) is 17.9. The van der Waals surface area contributed by atoms with Gasteiger partial charge in [-0.3, -0.25) is 0 Å². The third-order valence-electron chi connectivity index (χ3n) is 10.4. The van der Waals surface area contributed by atoms with Crippen LogP contribution in [-0.4, -0.2) is 34.1 Å². The molecule has 27 heavy (non-hydrogen) atoms. The number of aliphatic hydroxyl groups excluding tert-OH is 3. The van der Waals surface area contributed by atoms with Crippen molar-refractivity contribution in [1.82, 2.24) is 0 Å². The van der Waals surface area contributed by atoms with E-state index in [0.29, 0.717) is 48.0 Å². The third-order valence-corrected chi connectivity index (χ3v) is 10.4. The van der Waals surface area contributed by atoms with E-state index < -0.39 is 0 Å². The lowest BCUT2D eigenvalue weighted by Crippen LogP contribution is -2.62. The summed E-state index contributed by atoms with van der Waals surface area (Å²) in [4.78, 5) is 0. The van der Waals surface area contributed by atoms with Gasteiger partial charge in [-0.25, -0.2) is 0 Å². The number of hydrogen-bond donors (Lipinski definition) is 3. The first-order valence-electron chi connectivity index (χ1n) is 11.7. The van der Waals surface area contributed by atoms with E-state index in [4.69, 9.17) is 0 Å². The summed E-state index contributed by atoms with van der Waals surface area (Å²) < 4.78 is 0. The van der Waals surface area contributed by atoms with Gasteiger partial charge in [0.25, 0.3) is 0 Å². The molecule has 4 fully saturated rings. The van der Waals surface area contributed by atoms with Gasteiger partial charge in [-0.2, -0.15) is 0 Å². The average molecular weight is 379 g/mol. The SMILES string of the molecule is CC[C@H]1C(O)C2C3CC[C@H]([C@H](C)CO)[C@@]3(C)CCC2[C@@]2(C)CC[C@@H](O)C[C@@H]12. The third kappa shape index (κ3) is 2.78. The lowest BCUT2D eigenvalue weighted by Gasteiger charge is -2.64. The summed E-state index contributed by atoms with van der Waals surface area (Å²) in [6, 6.07) is 0. The summed E-state index contributed by atoms with van der Waals surface area (Å²) in [6.07, 6.45) is 8.52. The molecule has 0 radical (unpaired) electrons. The minimum absolute atomic E-state index is 0.170. The summed E-state index contributed by atoms with van der Waals surface area (Å²) in [6.45, 7) is 9.73. The second kappa shape index (κ2) is 6.99.